The Labute approximate surface area is 113 Å². The number of carbonyl (C=O) groups is 1. The van der Waals surface area contributed by atoms with Crippen LogP contribution in [0.4, 0.5) is 17.2 Å². The van der Waals surface area contributed by atoms with Gasteiger partial charge in [0.05, 0.1) is 16.7 Å². The second kappa shape index (κ2) is 5.26. The number of hydrogen-bond donors (Lipinski definition) is 4. The number of aromatic nitrogens is 2. The summed E-state index contributed by atoms with van der Waals surface area (Å²) in [7, 11) is 0. The van der Waals surface area contributed by atoms with Crippen molar-refractivity contribution in [3.05, 3.63) is 45.6 Å². The highest BCUT2D eigenvalue weighted by atomic mass is 16.6. The van der Waals surface area contributed by atoms with Crippen molar-refractivity contribution in [1.29, 1.82) is 0 Å². The first-order chi connectivity index (χ1) is 9.49. The summed E-state index contributed by atoms with van der Waals surface area (Å²) in [6.07, 6.45) is 1.54. The fraction of sp³-hybridized carbons (Fsp3) is 0.0909. The number of nitrogens with one attached hydrogen (secondary N) is 2. The maximum atomic E-state index is 11.3. The molecule has 0 radical (unpaired) electrons. The Morgan fingerprint density at radius 1 is 1.50 bits per heavy atom. The van der Waals surface area contributed by atoms with E-state index in [0.717, 1.165) is 6.07 Å². The van der Waals surface area contributed by atoms with Gasteiger partial charge in [-0.15, -0.1) is 0 Å². The number of nitro benzene ring substituents is 1. The molecule has 1 aromatic heterocycles. The number of aromatic amines is 1. The predicted molar refractivity (Wildman–Crippen MR) is 71.9 cm³/mol. The Morgan fingerprint density at radius 3 is 2.80 bits per heavy atom. The highest BCUT2D eigenvalue weighted by Gasteiger charge is 2.14. The first kappa shape index (κ1) is 13.3. The van der Waals surface area contributed by atoms with Gasteiger partial charge in [-0.1, -0.05) is 0 Å². The molecule has 0 atom stereocenters. The molecule has 0 aliphatic rings. The van der Waals surface area contributed by atoms with Crippen LogP contribution in [0.1, 0.15) is 15.9 Å². The smallest absolute Gasteiger partial charge is 0.270 e. The van der Waals surface area contributed by atoms with Gasteiger partial charge in [0.25, 0.3) is 11.6 Å². The van der Waals surface area contributed by atoms with Crippen LogP contribution in [-0.4, -0.2) is 21.0 Å². The minimum absolute atomic E-state index is 0.0428. The standard InChI is InChI=1S/C11H12N6O3/c12-10-6(5-15-16-10)4-14-9-2-1-7(17(19)20)3-8(9)11(13)18/h1-3,5,14H,4H2,(H2,13,18)(H3,12,15,16). The highest BCUT2D eigenvalue weighted by molar-refractivity contribution is 5.99. The fourth-order valence-corrected chi connectivity index (χ4v) is 1.66. The zero-order chi connectivity index (χ0) is 14.7. The lowest BCUT2D eigenvalue weighted by Gasteiger charge is -2.09. The zero-order valence-electron chi connectivity index (χ0n) is 10.3. The van der Waals surface area contributed by atoms with Crippen molar-refractivity contribution < 1.29 is 9.72 Å². The van der Waals surface area contributed by atoms with Crippen LogP contribution in [0.3, 0.4) is 0 Å². The van der Waals surface area contributed by atoms with E-state index in [1.165, 1.54) is 18.3 Å². The molecule has 0 fully saturated rings. The van der Waals surface area contributed by atoms with E-state index < -0.39 is 10.8 Å². The van der Waals surface area contributed by atoms with Gasteiger partial charge < -0.3 is 16.8 Å². The van der Waals surface area contributed by atoms with E-state index >= 15 is 0 Å². The van der Waals surface area contributed by atoms with E-state index in [1.807, 2.05) is 0 Å². The van der Waals surface area contributed by atoms with Crippen LogP contribution in [0.2, 0.25) is 0 Å². The Hall–Kier alpha value is -3.10. The van der Waals surface area contributed by atoms with E-state index in [9.17, 15) is 14.9 Å². The second-order valence-corrected chi connectivity index (χ2v) is 4.01. The third-order valence-corrected chi connectivity index (χ3v) is 2.70. The largest absolute Gasteiger partial charge is 0.384 e. The zero-order valence-corrected chi connectivity index (χ0v) is 10.3. The van der Waals surface area contributed by atoms with Crippen LogP contribution >= 0.6 is 0 Å². The number of rotatable bonds is 5. The molecule has 0 saturated carbocycles. The Morgan fingerprint density at radius 2 is 2.25 bits per heavy atom. The number of carbonyl (C=O) groups excluding carboxylic acids is 1. The van der Waals surface area contributed by atoms with E-state index in [0.29, 0.717) is 23.6 Å². The van der Waals surface area contributed by atoms with E-state index in [2.05, 4.69) is 15.5 Å². The number of nitrogens with two attached hydrogens (primary N) is 2. The minimum Gasteiger partial charge on any atom is -0.384 e. The molecule has 6 N–H and O–H groups in total. The Bertz CT molecular complexity index is 666. The van der Waals surface area contributed by atoms with Crippen LogP contribution in [-0.2, 0) is 6.54 Å². The fourth-order valence-electron chi connectivity index (χ4n) is 1.66. The van der Waals surface area contributed by atoms with Gasteiger partial charge in [-0.3, -0.25) is 20.0 Å². The number of amides is 1. The Balaban J connectivity index is 2.25. The van der Waals surface area contributed by atoms with Crippen LogP contribution < -0.4 is 16.8 Å². The van der Waals surface area contributed by atoms with Gasteiger partial charge in [-0.05, 0) is 6.07 Å². The maximum Gasteiger partial charge on any atom is 0.270 e. The summed E-state index contributed by atoms with van der Waals surface area (Å²) in [6.45, 7) is 0.306. The number of nitro groups is 1. The molecule has 0 bridgehead atoms. The number of anilines is 2. The van der Waals surface area contributed by atoms with E-state index in [1.54, 1.807) is 0 Å². The normalized spacial score (nSPS) is 10.2. The van der Waals surface area contributed by atoms with Gasteiger partial charge in [0.15, 0.2) is 0 Å². The molecule has 2 aromatic rings. The van der Waals surface area contributed by atoms with E-state index in [-0.39, 0.29) is 11.3 Å². The van der Waals surface area contributed by atoms with Gasteiger partial charge in [-0.25, -0.2) is 0 Å². The third-order valence-electron chi connectivity index (χ3n) is 2.70. The number of hydrogen-bond acceptors (Lipinski definition) is 6. The van der Waals surface area contributed by atoms with Gasteiger partial charge in [-0.2, -0.15) is 5.10 Å². The minimum atomic E-state index is -0.753. The number of H-pyrrole nitrogens is 1. The highest BCUT2D eigenvalue weighted by Crippen LogP contribution is 2.22. The first-order valence-corrected chi connectivity index (χ1v) is 5.59. The molecule has 2 rings (SSSR count). The molecule has 1 amide bonds. The summed E-state index contributed by atoms with van der Waals surface area (Å²) in [4.78, 5) is 21.4. The third kappa shape index (κ3) is 2.66. The molecular formula is C11H12N6O3. The van der Waals surface area contributed by atoms with Crippen LogP contribution in [0.25, 0.3) is 0 Å². The molecule has 20 heavy (non-hydrogen) atoms. The molecule has 104 valence electrons. The van der Waals surface area contributed by atoms with Crippen molar-refractivity contribution in [3.63, 3.8) is 0 Å². The molecule has 9 nitrogen and oxygen atoms in total. The molecule has 0 saturated heterocycles. The molecule has 1 heterocycles. The summed E-state index contributed by atoms with van der Waals surface area (Å²) in [5, 5.41) is 20.0. The predicted octanol–water partition coefficient (Wildman–Crippen LogP) is 0.611. The molecule has 0 aliphatic carbocycles. The molecular weight excluding hydrogens is 264 g/mol. The van der Waals surface area contributed by atoms with Crippen molar-refractivity contribution in [2.75, 3.05) is 11.1 Å². The lowest BCUT2D eigenvalue weighted by molar-refractivity contribution is -0.384. The molecule has 9 heteroatoms. The maximum absolute atomic E-state index is 11.3. The van der Waals surface area contributed by atoms with Crippen molar-refractivity contribution in [2.24, 2.45) is 5.73 Å². The number of non-ortho nitro benzene ring substituents is 1. The van der Waals surface area contributed by atoms with Crippen molar-refractivity contribution in [1.82, 2.24) is 10.2 Å². The lowest BCUT2D eigenvalue weighted by atomic mass is 10.1. The van der Waals surface area contributed by atoms with Gasteiger partial charge in [0.1, 0.15) is 5.82 Å². The quantitative estimate of drug-likeness (QED) is 0.463. The molecule has 0 spiro atoms. The summed E-state index contributed by atoms with van der Waals surface area (Å²) in [5.74, 6) is -0.351. The van der Waals surface area contributed by atoms with Crippen molar-refractivity contribution >= 4 is 23.1 Å². The van der Waals surface area contributed by atoms with Crippen LogP contribution in [0, 0.1) is 10.1 Å². The average molecular weight is 276 g/mol. The SMILES string of the molecule is NC(=O)c1cc([N+](=O)[O-])ccc1NCc1cn[nH]c1N. The van der Waals surface area contributed by atoms with Crippen molar-refractivity contribution in [2.45, 2.75) is 6.54 Å². The topological polar surface area (TPSA) is 153 Å². The average Bonchev–Trinajstić information content (AvgIpc) is 2.81. The summed E-state index contributed by atoms with van der Waals surface area (Å²) >= 11 is 0. The van der Waals surface area contributed by atoms with Gasteiger partial charge in [0, 0.05) is 29.9 Å². The Kier molecular flexibility index (Phi) is 3.51. The van der Waals surface area contributed by atoms with Crippen molar-refractivity contribution in [3.8, 4) is 0 Å². The number of nitrogen functional groups attached to an aromatic ring is 1. The molecule has 0 unspecified atom stereocenters. The van der Waals surface area contributed by atoms with Crippen LogP contribution in [0.15, 0.2) is 24.4 Å². The van der Waals surface area contributed by atoms with Gasteiger partial charge >= 0.3 is 0 Å². The summed E-state index contributed by atoms with van der Waals surface area (Å²) in [5.41, 5.74) is 11.8. The lowest BCUT2D eigenvalue weighted by Crippen LogP contribution is -2.15. The second-order valence-electron chi connectivity index (χ2n) is 4.01. The number of benzene rings is 1. The number of nitrogens with zero attached hydrogens (tertiary/aromatic N) is 2. The van der Waals surface area contributed by atoms with E-state index in [4.69, 9.17) is 11.5 Å². The molecule has 1 aromatic carbocycles. The molecule has 0 aliphatic heterocycles. The monoisotopic (exact) mass is 276 g/mol. The first-order valence-electron chi connectivity index (χ1n) is 5.59. The number of primary amides is 1. The summed E-state index contributed by atoms with van der Waals surface area (Å²) in [6, 6.07) is 3.84. The van der Waals surface area contributed by atoms with Crippen LogP contribution in [0.5, 0.6) is 0 Å². The van der Waals surface area contributed by atoms with Gasteiger partial charge in [0.2, 0.25) is 0 Å². The summed E-state index contributed by atoms with van der Waals surface area (Å²) < 4.78 is 0.